The van der Waals surface area contributed by atoms with Gasteiger partial charge in [0, 0.05) is 77.6 Å². The van der Waals surface area contributed by atoms with Gasteiger partial charge in [-0.3, -0.25) is 0 Å². The van der Waals surface area contributed by atoms with Crippen LogP contribution < -0.4 is 26.2 Å². The fourth-order valence-corrected chi connectivity index (χ4v) is 23.8. The van der Waals surface area contributed by atoms with E-state index in [2.05, 4.69) is 448 Å². The quantitative estimate of drug-likeness (QED) is 0.148. The number of para-hydroxylation sites is 8. The summed E-state index contributed by atoms with van der Waals surface area (Å²) in [6, 6.07) is 162. The Morgan fingerprint density at radius 1 is 0.172 bits per heavy atom. The third kappa shape index (κ3) is 8.47. The maximum atomic E-state index is 2.71. The molecular weight excluding hydrogens is 1470 g/mol. The predicted octanol–water partition coefficient (Wildman–Crippen LogP) is 27.1. The molecule has 2 aliphatic heterocycles. The van der Waals surface area contributed by atoms with Gasteiger partial charge in [0.05, 0.1) is 61.0 Å². The van der Waals surface area contributed by atoms with Gasteiger partial charge in [-0.25, -0.2) is 0 Å². The van der Waals surface area contributed by atoms with E-state index in [4.69, 9.17) is 0 Å². The molecule has 3 aromatic heterocycles. The van der Waals surface area contributed by atoms with E-state index in [1.807, 2.05) is 0 Å². The van der Waals surface area contributed by atoms with Gasteiger partial charge in [-0.2, -0.15) is 0 Å². The van der Waals surface area contributed by atoms with Gasteiger partial charge in [-0.05, 0) is 214 Å². The molecule has 0 fully saturated rings. The van der Waals surface area contributed by atoms with Crippen LogP contribution in [0.5, 0.6) is 0 Å². The monoisotopic (exact) mass is 1540 g/mol. The second-order valence-corrected chi connectivity index (χ2v) is 33.9. The Balaban J connectivity index is 0.762. The standard InChI is InChI=1S/C116H70BN5/c1-3-31-73(32-4-1)118-106-57-29-17-45-86(106)90-67-100-110(69-108(90)118)121(102-53-25-13-35-76(102)71-59-61-98-88(63-71)82-41-11-23-51-96(82)115(98)92-47-19-7-37-78(92)79-38-8-20-48-93(79)115)112-65-75(120-104-55-27-15-43-84(104)85-44-16-28-56-105(85)120)66-113-114(112)117(100)101-68-91-87-46-18-30-58-107(87)119(74-33-5-2-6-34-74)109(91)70-111(101)122(113)103-54-26-14-36-77(103)72-60-62-99-89(64-72)83-42-12-24-52-97(83)116(99)94-49-21-9-39-80(94)81-40-10-22-50-95(81)116/h1-70H. The highest BCUT2D eigenvalue weighted by Gasteiger charge is 2.54. The number of aromatic nitrogens is 3. The zero-order valence-corrected chi connectivity index (χ0v) is 66.2. The van der Waals surface area contributed by atoms with Crippen LogP contribution in [0.25, 0.3) is 149 Å². The van der Waals surface area contributed by atoms with Crippen LogP contribution in [-0.4, -0.2) is 20.4 Å². The van der Waals surface area contributed by atoms with Crippen molar-refractivity contribution >= 4 is 123 Å². The van der Waals surface area contributed by atoms with E-state index >= 15 is 0 Å². The van der Waals surface area contributed by atoms with Gasteiger partial charge in [0.25, 0.3) is 6.71 Å². The molecule has 6 heteroatoms. The summed E-state index contributed by atoms with van der Waals surface area (Å²) in [4.78, 5) is 5.41. The topological polar surface area (TPSA) is 21.3 Å². The third-order valence-corrected chi connectivity index (χ3v) is 28.4. The van der Waals surface area contributed by atoms with Gasteiger partial charge in [-0.1, -0.05) is 328 Å². The molecule has 0 bridgehead atoms. The molecule has 0 amide bonds. The first-order valence-electron chi connectivity index (χ1n) is 42.7. The van der Waals surface area contributed by atoms with E-state index in [0.29, 0.717) is 0 Å². The van der Waals surface area contributed by atoms with Crippen molar-refractivity contribution in [1.82, 2.24) is 13.7 Å². The Bertz CT molecular complexity index is 7810. The van der Waals surface area contributed by atoms with Crippen LogP contribution in [0.4, 0.5) is 34.1 Å². The van der Waals surface area contributed by atoms with E-state index in [9.17, 15) is 0 Å². The minimum absolute atomic E-state index is 0.315. The Morgan fingerprint density at radius 2 is 0.451 bits per heavy atom. The fraction of sp³-hybridized carbons (Fsp3) is 0.0172. The SMILES string of the molecule is c1ccc(-n2c3ccccc3c3cc4c(cc32)N(c2ccccc2-c2ccc3c(c2)-c2ccccc2C32c3ccccc3-c3ccccc32)c2cc(-n3c5ccccc5c5ccccc53)cc3c2B4c2cc4c5ccccc5n(-c5ccccc5)c4cc2N3c2ccccc2-c2ccc3c(c2)-c2ccccc2C32c3ccccc3-c3ccccc32)cc1. The van der Waals surface area contributed by atoms with Gasteiger partial charge in [0.15, 0.2) is 0 Å². The van der Waals surface area contributed by atoms with E-state index < -0.39 is 10.8 Å². The molecule has 562 valence electrons. The molecule has 19 aromatic carbocycles. The molecule has 5 heterocycles. The lowest BCUT2D eigenvalue weighted by atomic mass is 9.33. The Hall–Kier alpha value is -15.8. The number of nitrogens with zero attached hydrogens (tertiary/aromatic N) is 5. The van der Waals surface area contributed by atoms with Crippen LogP contribution in [0, 0.1) is 0 Å². The Labute approximate surface area is 705 Å². The highest BCUT2D eigenvalue weighted by molar-refractivity contribution is 7.00. The first-order valence-corrected chi connectivity index (χ1v) is 42.7. The smallest absolute Gasteiger partial charge is 0.252 e. The van der Waals surface area contributed by atoms with E-state index in [1.54, 1.807) is 0 Å². The lowest BCUT2D eigenvalue weighted by Gasteiger charge is -2.45. The van der Waals surface area contributed by atoms with E-state index in [0.717, 1.165) is 107 Å². The lowest BCUT2D eigenvalue weighted by molar-refractivity contribution is 0.794. The van der Waals surface area contributed by atoms with Crippen molar-refractivity contribution in [1.29, 1.82) is 0 Å². The van der Waals surface area contributed by atoms with Gasteiger partial charge in [-0.15, -0.1) is 0 Å². The summed E-state index contributed by atoms with van der Waals surface area (Å²) < 4.78 is 7.58. The average molecular weight is 1540 g/mol. The van der Waals surface area contributed by atoms with Crippen molar-refractivity contribution in [3.63, 3.8) is 0 Å². The molecular formula is C116H70BN5. The highest BCUT2D eigenvalue weighted by atomic mass is 15.2. The summed E-state index contributed by atoms with van der Waals surface area (Å²) in [6.07, 6.45) is 0. The molecule has 6 aliphatic rings. The summed E-state index contributed by atoms with van der Waals surface area (Å²) in [7, 11) is 0. The molecule has 0 N–H and O–H groups in total. The molecule has 0 saturated carbocycles. The second kappa shape index (κ2) is 24.5. The van der Waals surface area contributed by atoms with Crippen LogP contribution in [0.2, 0.25) is 0 Å². The molecule has 0 unspecified atom stereocenters. The molecule has 122 heavy (non-hydrogen) atoms. The lowest BCUT2D eigenvalue weighted by Crippen LogP contribution is -2.61. The Morgan fingerprint density at radius 3 is 0.811 bits per heavy atom. The molecule has 2 spiro atoms. The molecule has 0 radical (unpaired) electrons. The van der Waals surface area contributed by atoms with Crippen molar-refractivity contribution in [3.8, 4) is 83.8 Å². The molecule has 0 atom stereocenters. The molecule has 22 aromatic rings. The molecule has 0 saturated heterocycles. The van der Waals surface area contributed by atoms with E-state index in [-0.39, 0.29) is 6.71 Å². The zero-order chi connectivity index (χ0) is 79.4. The zero-order valence-electron chi connectivity index (χ0n) is 66.2. The van der Waals surface area contributed by atoms with Crippen molar-refractivity contribution < 1.29 is 0 Å². The van der Waals surface area contributed by atoms with Crippen molar-refractivity contribution in [2.45, 2.75) is 10.8 Å². The third-order valence-electron chi connectivity index (χ3n) is 28.4. The first kappa shape index (κ1) is 66.3. The van der Waals surface area contributed by atoms with Crippen LogP contribution in [0.1, 0.15) is 44.5 Å². The number of hydrogen-bond acceptors (Lipinski definition) is 2. The minimum Gasteiger partial charge on any atom is -0.311 e. The highest BCUT2D eigenvalue weighted by Crippen LogP contribution is 2.66. The normalized spacial score (nSPS) is 14.0. The summed E-state index contributed by atoms with van der Waals surface area (Å²) in [5, 5.41) is 7.21. The molecule has 28 rings (SSSR count). The average Bonchev–Trinajstić information content (AvgIpc) is 1.40. The molecule has 5 nitrogen and oxygen atoms in total. The maximum Gasteiger partial charge on any atom is 0.252 e. The van der Waals surface area contributed by atoms with Gasteiger partial charge < -0.3 is 23.5 Å². The molecule has 4 aliphatic carbocycles. The van der Waals surface area contributed by atoms with Crippen LogP contribution in [-0.2, 0) is 10.8 Å². The van der Waals surface area contributed by atoms with Crippen molar-refractivity contribution in [3.05, 3.63) is 469 Å². The number of fused-ring (bicyclic) bond motifs is 33. The largest absolute Gasteiger partial charge is 0.311 e. The summed E-state index contributed by atoms with van der Waals surface area (Å²) in [5.74, 6) is 0. The Kier molecular flexibility index (Phi) is 13.3. The number of hydrogen-bond donors (Lipinski definition) is 0. The van der Waals surface area contributed by atoms with Crippen molar-refractivity contribution in [2.75, 3.05) is 9.80 Å². The van der Waals surface area contributed by atoms with Crippen LogP contribution >= 0.6 is 0 Å². The van der Waals surface area contributed by atoms with Crippen LogP contribution in [0.15, 0.2) is 425 Å². The fourth-order valence-electron chi connectivity index (χ4n) is 23.8. The maximum absolute atomic E-state index is 2.71. The second-order valence-electron chi connectivity index (χ2n) is 33.9. The summed E-state index contributed by atoms with van der Waals surface area (Å²) in [6.45, 7) is -0.315. The first-order chi connectivity index (χ1) is 60.6. The van der Waals surface area contributed by atoms with E-state index in [1.165, 1.54) is 138 Å². The number of benzene rings is 19. The predicted molar refractivity (Wildman–Crippen MR) is 507 cm³/mol. The number of anilines is 6. The van der Waals surface area contributed by atoms with Gasteiger partial charge in [0.2, 0.25) is 0 Å². The van der Waals surface area contributed by atoms with Crippen molar-refractivity contribution in [2.24, 2.45) is 0 Å². The summed E-state index contributed by atoms with van der Waals surface area (Å²) in [5.41, 5.74) is 44.8. The number of rotatable bonds is 7. The van der Waals surface area contributed by atoms with Gasteiger partial charge in [0.1, 0.15) is 0 Å². The van der Waals surface area contributed by atoms with Crippen LogP contribution in [0.3, 0.4) is 0 Å². The minimum atomic E-state index is -0.500. The van der Waals surface area contributed by atoms with Gasteiger partial charge >= 0.3 is 0 Å². The summed E-state index contributed by atoms with van der Waals surface area (Å²) >= 11 is 0.